The van der Waals surface area contributed by atoms with Crippen LogP contribution in [0.15, 0.2) is 41.3 Å². The summed E-state index contributed by atoms with van der Waals surface area (Å²) in [6, 6.07) is 5.58. The highest BCUT2D eigenvalue weighted by Crippen LogP contribution is 2.03. The Labute approximate surface area is 99.4 Å². The van der Waals surface area contributed by atoms with E-state index in [1.807, 2.05) is 19.1 Å². The summed E-state index contributed by atoms with van der Waals surface area (Å²) in [7, 11) is 0. The fraction of sp³-hybridized carbons (Fsp3) is 0.333. The third-order valence-electron chi connectivity index (χ3n) is 2.36. The first-order chi connectivity index (χ1) is 8.24. The van der Waals surface area contributed by atoms with Gasteiger partial charge in [-0.15, -0.1) is 0 Å². The normalized spacial score (nSPS) is 12.3. The van der Waals surface area contributed by atoms with Gasteiger partial charge in [-0.3, -0.25) is 9.48 Å². The molecule has 17 heavy (non-hydrogen) atoms. The molecule has 2 aromatic rings. The second-order valence-electron chi connectivity index (χ2n) is 3.96. The minimum Gasteiger partial charge on any atom is -0.469 e. The number of nitrogens with one attached hydrogen (secondary N) is 1. The number of carbonyl (C=O) groups is 1. The van der Waals surface area contributed by atoms with Crippen molar-refractivity contribution in [2.24, 2.45) is 0 Å². The zero-order chi connectivity index (χ0) is 12.1. The number of amides is 1. The summed E-state index contributed by atoms with van der Waals surface area (Å²) in [5.41, 5.74) is 0. The van der Waals surface area contributed by atoms with Crippen molar-refractivity contribution >= 4 is 5.91 Å². The van der Waals surface area contributed by atoms with Crippen LogP contribution in [0, 0.1) is 0 Å². The fourth-order valence-corrected chi connectivity index (χ4v) is 1.64. The quantitative estimate of drug-likeness (QED) is 0.844. The molecule has 0 bridgehead atoms. The van der Waals surface area contributed by atoms with Crippen molar-refractivity contribution < 1.29 is 9.21 Å². The molecule has 5 nitrogen and oxygen atoms in total. The van der Waals surface area contributed by atoms with Crippen LogP contribution in [-0.4, -0.2) is 21.7 Å². The summed E-state index contributed by atoms with van der Waals surface area (Å²) in [6.45, 7) is 2.19. The zero-order valence-corrected chi connectivity index (χ0v) is 9.67. The average molecular weight is 233 g/mol. The second kappa shape index (κ2) is 5.34. The lowest BCUT2D eigenvalue weighted by molar-refractivity contribution is -0.122. The van der Waals surface area contributed by atoms with Crippen molar-refractivity contribution in [3.63, 3.8) is 0 Å². The summed E-state index contributed by atoms with van der Waals surface area (Å²) < 4.78 is 6.81. The molecular weight excluding hydrogens is 218 g/mol. The molecule has 2 aromatic heterocycles. The largest absolute Gasteiger partial charge is 0.469 e. The lowest BCUT2D eigenvalue weighted by Crippen LogP contribution is -2.36. The molecule has 0 aliphatic heterocycles. The van der Waals surface area contributed by atoms with Crippen molar-refractivity contribution in [2.45, 2.75) is 25.9 Å². The summed E-state index contributed by atoms with van der Waals surface area (Å²) in [5, 5.41) is 6.87. The fourth-order valence-electron chi connectivity index (χ4n) is 1.64. The summed E-state index contributed by atoms with van der Waals surface area (Å²) in [4.78, 5) is 11.6. The van der Waals surface area contributed by atoms with Gasteiger partial charge in [0.25, 0.3) is 0 Å². The van der Waals surface area contributed by atoms with Crippen LogP contribution in [0.5, 0.6) is 0 Å². The van der Waals surface area contributed by atoms with Crippen molar-refractivity contribution in [1.29, 1.82) is 0 Å². The Hall–Kier alpha value is -2.04. The zero-order valence-electron chi connectivity index (χ0n) is 9.67. The molecule has 0 aliphatic rings. The van der Waals surface area contributed by atoms with Gasteiger partial charge in [0, 0.05) is 24.9 Å². The summed E-state index contributed by atoms with van der Waals surface area (Å²) in [6.07, 6.45) is 5.74. The Morgan fingerprint density at radius 1 is 1.59 bits per heavy atom. The highest BCUT2D eigenvalue weighted by molar-refractivity contribution is 5.75. The first-order valence-electron chi connectivity index (χ1n) is 5.53. The van der Waals surface area contributed by atoms with E-state index in [1.54, 1.807) is 29.4 Å². The van der Waals surface area contributed by atoms with Crippen molar-refractivity contribution in [2.75, 3.05) is 0 Å². The van der Waals surface area contributed by atoms with Gasteiger partial charge in [0.15, 0.2) is 0 Å². The van der Waals surface area contributed by atoms with Gasteiger partial charge in [0.1, 0.15) is 12.3 Å². The molecule has 0 spiro atoms. The van der Waals surface area contributed by atoms with E-state index in [2.05, 4.69) is 10.4 Å². The number of rotatable bonds is 5. The first kappa shape index (κ1) is 11.4. The van der Waals surface area contributed by atoms with E-state index in [1.165, 1.54) is 0 Å². The van der Waals surface area contributed by atoms with Gasteiger partial charge in [-0.2, -0.15) is 5.10 Å². The number of carbonyl (C=O) groups excluding carboxylic acids is 1. The molecule has 90 valence electrons. The van der Waals surface area contributed by atoms with Gasteiger partial charge < -0.3 is 9.73 Å². The van der Waals surface area contributed by atoms with Crippen LogP contribution in [0.25, 0.3) is 0 Å². The van der Waals surface area contributed by atoms with Crippen LogP contribution in [0.3, 0.4) is 0 Å². The van der Waals surface area contributed by atoms with Gasteiger partial charge in [0.2, 0.25) is 5.91 Å². The van der Waals surface area contributed by atoms with E-state index < -0.39 is 0 Å². The van der Waals surface area contributed by atoms with Crippen molar-refractivity contribution in [3.8, 4) is 0 Å². The van der Waals surface area contributed by atoms with E-state index in [0.29, 0.717) is 6.42 Å². The Kier molecular flexibility index (Phi) is 3.59. The topological polar surface area (TPSA) is 60.1 Å². The first-order valence-corrected chi connectivity index (χ1v) is 5.53. The number of hydrogen-bond acceptors (Lipinski definition) is 3. The van der Waals surface area contributed by atoms with Crippen LogP contribution < -0.4 is 5.32 Å². The standard InChI is InChI=1S/C12H15N3O2/c1-10(8-11-4-2-7-17-11)14-12(16)9-15-6-3-5-13-15/h2-7,10H,8-9H2,1H3,(H,14,16)/t10-/m0/s1. The highest BCUT2D eigenvalue weighted by atomic mass is 16.3. The molecule has 0 radical (unpaired) electrons. The Morgan fingerprint density at radius 3 is 3.12 bits per heavy atom. The molecule has 0 aliphatic carbocycles. The second-order valence-corrected chi connectivity index (χ2v) is 3.96. The monoisotopic (exact) mass is 233 g/mol. The molecule has 1 N–H and O–H groups in total. The summed E-state index contributed by atoms with van der Waals surface area (Å²) >= 11 is 0. The van der Waals surface area contributed by atoms with Crippen molar-refractivity contribution in [3.05, 3.63) is 42.6 Å². The van der Waals surface area contributed by atoms with Crippen LogP contribution in [0.4, 0.5) is 0 Å². The Balaban J connectivity index is 1.78. The smallest absolute Gasteiger partial charge is 0.241 e. The lowest BCUT2D eigenvalue weighted by atomic mass is 10.2. The van der Waals surface area contributed by atoms with Crippen LogP contribution in [0.1, 0.15) is 12.7 Å². The molecule has 0 saturated carbocycles. The molecule has 1 amide bonds. The number of furan rings is 1. The maximum absolute atomic E-state index is 11.6. The molecule has 0 saturated heterocycles. The van der Waals surface area contributed by atoms with Gasteiger partial charge in [-0.05, 0) is 25.1 Å². The molecule has 0 unspecified atom stereocenters. The minimum atomic E-state index is -0.0484. The number of aromatic nitrogens is 2. The molecule has 5 heteroatoms. The van der Waals surface area contributed by atoms with Crippen LogP contribution in [0.2, 0.25) is 0 Å². The van der Waals surface area contributed by atoms with Crippen LogP contribution in [-0.2, 0) is 17.8 Å². The minimum absolute atomic E-state index is 0.0456. The Morgan fingerprint density at radius 2 is 2.47 bits per heavy atom. The molecule has 0 fully saturated rings. The van der Waals surface area contributed by atoms with Gasteiger partial charge >= 0.3 is 0 Å². The Bertz CT molecular complexity index is 448. The predicted molar refractivity (Wildman–Crippen MR) is 62.2 cm³/mol. The third kappa shape index (κ3) is 3.48. The van der Waals surface area contributed by atoms with E-state index in [-0.39, 0.29) is 18.5 Å². The predicted octanol–water partition coefficient (Wildman–Crippen LogP) is 1.22. The molecule has 0 aromatic carbocycles. The van der Waals surface area contributed by atoms with E-state index in [4.69, 9.17) is 4.42 Å². The summed E-state index contributed by atoms with van der Waals surface area (Å²) in [5.74, 6) is 0.824. The molecule has 2 heterocycles. The number of nitrogens with zero attached hydrogens (tertiary/aromatic N) is 2. The maximum Gasteiger partial charge on any atom is 0.241 e. The highest BCUT2D eigenvalue weighted by Gasteiger charge is 2.09. The SMILES string of the molecule is C[C@@H](Cc1ccco1)NC(=O)Cn1cccn1. The molecular formula is C12H15N3O2. The van der Waals surface area contributed by atoms with Gasteiger partial charge in [-0.1, -0.05) is 0 Å². The maximum atomic E-state index is 11.6. The van der Waals surface area contributed by atoms with Gasteiger partial charge in [-0.25, -0.2) is 0 Å². The lowest BCUT2D eigenvalue weighted by Gasteiger charge is -2.12. The van der Waals surface area contributed by atoms with Gasteiger partial charge in [0.05, 0.1) is 6.26 Å². The van der Waals surface area contributed by atoms with E-state index in [9.17, 15) is 4.79 Å². The van der Waals surface area contributed by atoms with Crippen molar-refractivity contribution in [1.82, 2.24) is 15.1 Å². The van der Waals surface area contributed by atoms with E-state index >= 15 is 0 Å². The van der Waals surface area contributed by atoms with E-state index in [0.717, 1.165) is 5.76 Å². The van der Waals surface area contributed by atoms with Crippen LogP contribution >= 0.6 is 0 Å². The third-order valence-corrected chi connectivity index (χ3v) is 2.36. The number of hydrogen-bond donors (Lipinski definition) is 1. The molecule has 2 rings (SSSR count). The molecule has 1 atom stereocenters. The average Bonchev–Trinajstić information content (AvgIpc) is 2.90.